The number of ether oxygens (including phenoxy) is 1. The highest BCUT2D eigenvalue weighted by Crippen LogP contribution is 2.57. The molecule has 0 fully saturated rings. The van der Waals surface area contributed by atoms with Crippen LogP contribution in [-0.4, -0.2) is 12.5 Å². The molecule has 0 saturated carbocycles. The van der Waals surface area contributed by atoms with Crippen LogP contribution in [0.25, 0.3) is 0 Å². The van der Waals surface area contributed by atoms with Gasteiger partial charge in [-0.15, -0.1) is 11.6 Å². The average molecular weight is 223 g/mol. The van der Waals surface area contributed by atoms with Gasteiger partial charge in [-0.3, -0.25) is 4.57 Å². The molecule has 0 aromatic rings. The lowest BCUT2D eigenvalue weighted by molar-refractivity contribution is 0.272. The van der Waals surface area contributed by atoms with E-state index in [2.05, 4.69) is 0 Å². The number of alkyl halides is 1. The quantitative estimate of drug-likeness (QED) is 0.316. The van der Waals surface area contributed by atoms with E-state index >= 15 is 0 Å². The summed E-state index contributed by atoms with van der Waals surface area (Å²) in [6.45, 7) is 0.353. The summed E-state index contributed by atoms with van der Waals surface area (Å²) in [5.74, 6) is -1.64. The lowest BCUT2D eigenvalue weighted by atomic mass is 10.9. The smallest absolute Gasteiger partial charge is 0.277 e. The molecule has 0 aliphatic rings. The maximum absolute atomic E-state index is 10.5. The van der Waals surface area contributed by atoms with Gasteiger partial charge < -0.3 is 4.74 Å². The Morgan fingerprint density at radius 2 is 2.10 bits per heavy atom. The van der Waals surface area contributed by atoms with Crippen molar-refractivity contribution in [2.75, 3.05) is 12.5 Å². The lowest BCUT2D eigenvalue weighted by Crippen LogP contribution is -1.85. The number of hydrogen-bond acceptors (Lipinski definition) is 2. The van der Waals surface area contributed by atoms with E-state index < -0.39 is 5.85 Å². The molecule has 0 aromatic heterocycles. The Kier molecular flexibility index (Phi) is 5.65. The van der Waals surface area contributed by atoms with Gasteiger partial charge in [0.2, 0.25) is 0 Å². The Hall–Kier alpha value is 0.640. The van der Waals surface area contributed by atoms with Crippen LogP contribution in [0.2, 0.25) is 0 Å². The molecule has 0 unspecified atom stereocenters. The van der Waals surface area contributed by atoms with Gasteiger partial charge in [0.1, 0.15) is 6.61 Å². The minimum absolute atomic E-state index is 0.353. The second-order valence-corrected chi connectivity index (χ2v) is 6.56. The van der Waals surface area contributed by atoms with Crippen LogP contribution in [0.1, 0.15) is 0 Å². The molecule has 0 aromatic carbocycles. The van der Waals surface area contributed by atoms with Crippen molar-refractivity contribution in [3.05, 3.63) is 12.1 Å². The first-order valence-corrected chi connectivity index (χ1v) is 6.52. The van der Waals surface area contributed by atoms with Crippen LogP contribution in [0.4, 0.5) is 0 Å². The van der Waals surface area contributed by atoms with Gasteiger partial charge in [-0.1, -0.05) is 0 Å². The zero-order chi connectivity index (χ0) is 8.04. The van der Waals surface area contributed by atoms with Crippen molar-refractivity contribution >= 4 is 39.9 Å². The fourth-order valence-corrected chi connectivity index (χ4v) is 0.819. The van der Waals surface area contributed by atoms with Gasteiger partial charge in [-0.25, -0.2) is 0 Å². The van der Waals surface area contributed by atoms with E-state index in [-0.39, 0.29) is 0 Å². The lowest BCUT2D eigenvalue weighted by Gasteiger charge is -1.94. The molecule has 0 aliphatic carbocycles. The predicted molar refractivity (Wildman–Crippen MR) is 45.1 cm³/mol. The van der Waals surface area contributed by atoms with Crippen molar-refractivity contribution in [2.45, 2.75) is 0 Å². The summed E-state index contributed by atoms with van der Waals surface area (Å²) < 4.78 is 15.2. The standard InChI is InChI=1S/C4H6Cl3O2P/c5-1-2-9-3-4-10(6,7)8/h3-4H,1-2H2/b4-3+. The molecular formula is C4H6Cl3O2P. The molecule has 10 heavy (non-hydrogen) atoms. The van der Waals surface area contributed by atoms with Crippen LogP contribution in [-0.2, 0) is 9.30 Å². The molecule has 0 rings (SSSR count). The normalized spacial score (nSPS) is 12.3. The predicted octanol–water partition coefficient (Wildman–Crippen LogP) is 3.38. The fraction of sp³-hybridized carbons (Fsp3) is 0.500. The summed E-state index contributed by atoms with van der Waals surface area (Å²) in [7, 11) is 0. The molecule has 0 radical (unpaired) electrons. The Morgan fingerprint density at radius 3 is 2.50 bits per heavy atom. The summed E-state index contributed by atoms with van der Waals surface area (Å²) in [5, 5.41) is 0. The van der Waals surface area contributed by atoms with Gasteiger partial charge >= 0.3 is 0 Å². The van der Waals surface area contributed by atoms with Crippen LogP contribution in [0.15, 0.2) is 12.1 Å². The highest BCUT2D eigenvalue weighted by atomic mass is 35.9. The van der Waals surface area contributed by atoms with E-state index in [1.165, 1.54) is 6.26 Å². The molecular weight excluding hydrogens is 217 g/mol. The van der Waals surface area contributed by atoms with Crippen LogP contribution < -0.4 is 0 Å². The minimum atomic E-state index is -3.11. The first-order chi connectivity index (χ1) is 4.56. The molecule has 60 valence electrons. The highest BCUT2D eigenvalue weighted by Gasteiger charge is 2.06. The third-order valence-corrected chi connectivity index (χ3v) is 1.82. The summed E-state index contributed by atoms with van der Waals surface area (Å²) >= 11 is 15.5. The van der Waals surface area contributed by atoms with Crippen molar-refractivity contribution in [3.63, 3.8) is 0 Å². The largest absolute Gasteiger partial charge is 0.500 e. The molecule has 2 nitrogen and oxygen atoms in total. The number of halogens is 3. The van der Waals surface area contributed by atoms with Crippen LogP contribution in [0, 0.1) is 0 Å². The zero-order valence-electron chi connectivity index (χ0n) is 4.97. The third-order valence-electron chi connectivity index (χ3n) is 0.526. The second-order valence-electron chi connectivity index (χ2n) is 1.35. The summed E-state index contributed by atoms with van der Waals surface area (Å²) in [5.41, 5.74) is 0. The Balaban J connectivity index is 3.47. The van der Waals surface area contributed by atoms with E-state index in [0.29, 0.717) is 12.5 Å². The topological polar surface area (TPSA) is 26.3 Å². The van der Waals surface area contributed by atoms with Crippen LogP contribution in [0.5, 0.6) is 0 Å². The monoisotopic (exact) mass is 222 g/mol. The van der Waals surface area contributed by atoms with E-state index in [1.54, 1.807) is 0 Å². The highest BCUT2D eigenvalue weighted by molar-refractivity contribution is 8.10. The SMILES string of the molecule is O=P(Cl)(Cl)/C=C/OCCCl. The molecule has 0 spiro atoms. The van der Waals surface area contributed by atoms with Crippen molar-refractivity contribution in [1.82, 2.24) is 0 Å². The average Bonchev–Trinajstić information content (AvgIpc) is 1.78. The molecule has 0 N–H and O–H groups in total. The Bertz CT molecular complexity index is 153. The van der Waals surface area contributed by atoms with Crippen molar-refractivity contribution < 1.29 is 9.30 Å². The second kappa shape index (κ2) is 5.31. The van der Waals surface area contributed by atoms with E-state index in [1.807, 2.05) is 0 Å². The van der Waals surface area contributed by atoms with Crippen LogP contribution in [0.3, 0.4) is 0 Å². The summed E-state index contributed by atoms with van der Waals surface area (Å²) in [4.78, 5) is 0. The number of hydrogen-bond donors (Lipinski definition) is 0. The molecule has 0 saturated heterocycles. The molecule has 6 heteroatoms. The van der Waals surface area contributed by atoms with Crippen LogP contribution >= 0.6 is 39.9 Å². The number of rotatable bonds is 4. The van der Waals surface area contributed by atoms with Gasteiger partial charge in [0.25, 0.3) is 5.85 Å². The first kappa shape index (κ1) is 10.6. The maximum Gasteiger partial charge on any atom is 0.277 e. The molecule has 0 heterocycles. The fourth-order valence-electron chi connectivity index (χ4n) is 0.226. The zero-order valence-corrected chi connectivity index (χ0v) is 8.13. The molecule has 0 bridgehead atoms. The van der Waals surface area contributed by atoms with Crippen molar-refractivity contribution in [1.29, 1.82) is 0 Å². The molecule has 0 amide bonds. The van der Waals surface area contributed by atoms with E-state index in [9.17, 15) is 4.57 Å². The van der Waals surface area contributed by atoms with Gasteiger partial charge in [0.15, 0.2) is 0 Å². The van der Waals surface area contributed by atoms with Gasteiger partial charge in [0.05, 0.1) is 12.1 Å². The summed E-state index contributed by atoms with van der Waals surface area (Å²) in [6, 6.07) is 0. The third kappa shape index (κ3) is 8.64. The van der Waals surface area contributed by atoms with E-state index in [4.69, 9.17) is 38.8 Å². The minimum Gasteiger partial charge on any atom is -0.500 e. The van der Waals surface area contributed by atoms with Crippen molar-refractivity contribution in [2.24, 2.45) is 0 Å². The molecule has 0 atom stereocenters. The maximum atomic E-state index is 10.5. The van der Waals surface area contributed by atoms with Gasteiger partial charge in [-0.05, 0) is 22.5 Å². The Morgan fingerprint density at radius 1 is 1.50 bits per heavy atom. The molecule has 0 aliphatic heterocycles. The Labute approximate surface area is 74.0 Å². The van der Waals surface area contributed by atoms with Gasteiger partial charge in [0, 0.05) is 5.82 Å². The van der Waals surface area contributed by atoms with Crippen molar-refractivity contribution in [3.8, 4) is 0 Å². The van der Waals surface area contributed by atoms with E-state index in [0.717, 1.165) is 5.82 Å². The first-order valence-electron chi connectivity index (χ1n) is 2.40. The van der Waals surface area contributed by atoms with Gasteiger partial charge in [-0.2, -0.15) is 0 Å². The summed E-state index contributed by atoms with van der Waals surface area (Å²) in [6.07, 6.45) is 1.18.